The van der Waals surface area contributed by atoms with Crippen LogP contribution in [0, 0.1) is 5.41 Å². The van der Waals surface area contributed by atoms with Gasteiger partial charge in [0.1, 0.15) is 0 Å². The minimum absolute atomic E-state index is 0.124. The van der Waals surface area contributed by atoms with Crippen LogP contribution in [0.5, 0.6) is 0 Å². The third-order valence-corrected chi connectivity index (χ3v) is 2.16. The highest BCUT2D eigenvalue weighted by molar-refractivity contribution is 4.75. The Morgan fingerprint density at radius 2 is 1.75 bits per heavy atom. The van der Waals surface area contributed by atoms with Crippen LogP contribution < -0.4 is 5.32 Å². The molecule has 0 aromatic heterocycles. The quantitative estimate of drug-likeness (QED) is 0.701. The second-order valence-electron chi connectivity index (χ2n) is 4.75. The van der Waals surface area contributed by atoms with Crippen LogP contribution >= 0.6 is 0 Å². The first-order valence-corrected chi connectivity index (χ1v) is 5.25. The maximum Gasteiger partial charge on any atom is 0.401 e. The number of hydrogen-bond acceptors (Lipinski definition) is 3. The van der Waals surface area contributed by atoms with Gasteiger partial charge < -0.3 is 10.4 Å². The van der Waals surface area contributed by atoms with E-state index in [9.17, 15) is 13.2 Å². The topological polar surface area (TPSA) is 35.5 Å². The van der Waals surface area contributed by atoms with Gasteiger partial charge in [0.15, 0.2) is 0 Å². The molecule has 0 aliphatic heterocycles. The fraction of sp³-hybridized carbons (Fsp3) is 1.00. The zero-order valence-electron chi connectivity index (χ0n) is 10.1. The number of alkyl halides is 3. The molecule has 0 rings (SSSR count). The summed E-state index contributed by atoms with van der Waals surface area (Å²) in [6.07, 6.45) is -4.20. The van der Waals surface area contributed by atoms with Gasteiger partial charge in [-0.25, -0.2) is 0 Å². The second-order valence-corrected chi connectivity index (χ2v) is 4.75. The van der Waals surface area contributed by atoms with Crippen molar-refractivity contribution in [1.29, 1.82) is 0 Å². The fourth-order valence-electron chi connectivity index (χ4n) is 1.39. The predicted octanol–water partition coefficient (Wildman–Crippen LogP) is 1.09. The number of nitrogens with zero attached hydrogens (tertiary/aromatic N) is 1. The molecule has 0 atom stereocenters. The molecule has 0 fully saturated rings. The molecular weight excluding hydrogens is 221 g/mol. The number of aliphatic hydroxyl groups excluding tert-OH is 1. The average Bonchev–Trinajstić information content (AvgIpc) is 2.11. The van der Waals surface area contributed by atoms with Gasteiger partial charge in [-0.3, -0.25) is 4.90 Å². The van der Waals surface area contributed by atoms with E-state index in [1.807, 2.05) is 0 Å². The molecule has 0 aromatic carbocycles. The molecule has 3 nitrogen and oxygen atoms in total. The summed E-state index contributed by atoms with van der Waals surface area (Å²) in [7, 11) is 1.70. The monoisotopic (exact) mass is 242 g/mol. The molecule has 6 heteroatoms. The van der Waals surface area contributed by atoms with Gasteiger partial charge in [-0.1, -0.05) is 13.8 Å². The number of nitrogens with one attached hydrogen (secondary N) is 1. The number of hydrogen-bond donors (Lipinski definition) is 2. The van der Waals surface area contributed by atoms with Crippen LogP contribution in [-0.4, -0.2) is 56.0 Å². The molecule has 0 radical (unpaired) electrons. The van der Waals surface area contributed by atoms with E-state index in [2.05, 4.69) is 5.32 Å². The Morgan fingerprint density at radius 1 is 1.19 bits per heavy atom. The third-order valence-electron chi connectivity index (χ3n) is 2.16. The van der Waals surface area contributed by atoms with Crippen LogP contribution in [-0.2, 0) is 0 Å². The molecule has 0 heterocycles. The lowest BCUT2D eigenvalue weighted by molar-refractivity contribution is -0.149. The molecule has 0 bridgehead atoms. The summed E-state index contributed by atoms with van der Waals surface area (Å²) in [5.41, 5.74) is -0.515. The van der Waals surface area contributed by atoms with Crippen LogP contribution in [0.4, 0.5) is 13.2 Å². The van der Waals surface area contributed by atoms with Gasteiger partial charge >= 0.3 is 6.18 Å². The van der Waals surface area contributed by atoms with E-state index in [1.165, 1.54) is 4.90 Å². The average molecular weight is 242 g/mol. The number of rotatable bonds is 7. The van der Waals surface area contributed by atoms with Gasteiger partial charge in [-0.15, -0.1) is 0 Å². The largest absolute Gasteiger partial charge is 0.401 e. The zero-order chi connectivity index (χ0) is 12.8. The van der Waals surface area contributed by atoms with Crippen LogP contribution in [0.15, 0.2) is 0 Å². The van der Waals surface area contributed by atoms with Crippen LogP contribution in [0.1, 0.15) is 13.8 Å². The van der Waals surface area contributed by atoms with Gasteiger partial charge in [0.25, 0.3) is 0 Å². The van der Waals surface area contributed by atoms with Crippen molar-refractivity contribution < 1.29 is 18.3 Å². The lowest BCUT2D eigenvalue weighted by atomic mass is 9.94. The van der Waals surface area contributed by atoms with Crippen LogP contribution in [0.3, 0.4) is 0 Å². The second kappa shape index (κ2) is 6.42. The Balaban J connectivity index is 4.31. The molecule has 0 aliphatic carbocycles. The summed E-state index contributed by atoms with van der Waals surface area (Å²) in [5, 5.41) is 11.9. The first kappa shape index (κ1) is 15.7. The normalized spacial score (nSPS) is 13.5. The molecule has 0 unspecified atom stereocenters. The maximum absolute atomic E-state index is 12.3. The molecule has 0 spiro atoms. The van der Waals surface area contributed by atoms with Crippen LogP contribution in [0.25, 0.3) is 0 Å². The van der Waals surface area contributed by atoms with Crippen molar-refractivity contribution in [3.8, 4) is 0 Å². The minimum Gasteiger partial charge on any atom is -0.396 e. The van der Waals surface area contributed by atoms with Crippen molar-refractivity contribution in [2.45, 2.75) is 20.0 Å². The van der Waals surface area contributed by atoms with E-state index >= 15 is 0 Å². The van der Waals surface area contributed by atoms with Gasteiger partial charge in [0, 0.05) is 31.7 Å². The number of aliphatic hydroxyl groups is 1. The summed E-state index contributed by atoms with van der Waals surface area (Å²) < 4.78 is 36.9. The van der Waals surface area contributed by atoms with E-state index in [0.717, 1.165) is 0 Å². The zero-order valence-corrected chi connectivity index (χ0v) is 10.1. The smallest absolute Gasteiger partial charge is 0.396 e. The van der Waals surface area contributed by atoms with Crippen molar-refractivity contribution in [2.75, 3.05) is 39.8 Å². The molecule has 0 aliphatic rings. The molecular formula is C10H21F3N2O. The molecule has 98 valence electrons. The van der Waals surface area contributed by atoms with E-state index in [4.69, 9.17) is 5.11 Å². The molecule has 2 N–H and O–H groups in total. The fourth-order valence-corrected chi connectivity index (χ4v) is 1.39. The Bertz CT molecular complexity index is 195. The lowest BCUT2D eigenvalue weighted by Crippen LogP contribution is -2.44. The number of halogens is 3. The predicted molar refractivity (Wildman–Crippen MR) is 57.3 cm³/mol. The Morgan fingerprint density at radius 3 is 2.12 bits per heavy atom. The van der Waals surface area contributed by atoms with Gasteiger partial charge in [-0.05, 0) is 7.05 Å². The van der Waals surface area contributed by atoms with Crippen molar-refractivity contribution >= 4 is 0 Å². The number of likely N-dealkylation sites (N-methyl/N-ethyl adjacent to an activating group) is 1. The van der Waals surface area contributed by atoms with Crippen LogP contribution in [0.2, 0.25) is 0 Å². The highest BCUT2D eigenvalue weighted by atomic mass is 19.4. The molecule has 0 aromatic rings. The summed E-state index contributed by atoms with van der Waals surface area (Å²) in [6, 6.07) is 0. The van der Waals surface area contributed by atoms with Crippen molar-refractivity contribution in [2.24, 2.45) is 5.41 Å². The lowest BCUT2D eigenvalue weighted by Gasteiger charge is -2.31. The summed E-state index contributed by atoms with van der Waals surface area (Å²) >= 11 is 0. The molecule has 16 heavy (non-hydrogen) atoms. The summed E-state index contributed by atoms with van der Waals surface area (Å²) in [4.78, 5) is 1.31. The molecule has 0 saturated heterocycles. The molecule has 0 amide bonds. The van der Waals surface area contributed by atoms with Crippen molar-refractivity contribution in [1.82, 2.24) is 10.2 Å². The first-order chi connectivity index (χ1) is 7.20. The Hall–Kier alpha value is -0.330. The molecule has 0 saturated carbocycles. The Labute approximate surface area is 94.6 Å². The van der Waals surface area contributed by atoms with Crippen molar-refractivity contribution in [3.63, 3.8) is 0 Å². The van der Waals surface area contributed by atoms with Gasteiger partial charge in [0.2, 0.25) is 0 Å². The van der Waals surface area contributed by atoms with Gasteiger partial charge in [0.05, 0.1) is 6.54 Å². The summed E-state index contributed by atoms with van der Waals surface area (Å²) in [6.45, 7) is 3.48. The summed E-state index contributed by atoms with van der Waals surface area (Å²) in [5.74, 6) is 0. The van der Waals surface area contributed by atoms with Gasteiger partial charge in [-0.2, -0.15) is 13.2 Å². The van der Waals surface area contributed by atoms with E-state index < -0.39 is 18.1 Å². The maximum atomic E-state index is 12.3. The van der Waals surface area contributed by atoms with E-state index in [-0.39, 0.29) is 13.2 Å². The third kappa shape index (κ3) is 7.90. The highest BCUT2D eigenvalue weighted by Gasteiger charge is 2.32. The van der Waals surface area contributed by atoms with Crippen molar-refractivity contribution in [3.05, 3.63) is 0 Å². The SMILES string of the molecule is CNCCN(CC(F)(F)F)CC(C)(C)CO. The Kier molecular flexibility index (Phi) is 6.28. The van der Waals surface area contributed by atoms with E-state index in [0.29, 0.717) is 13.1 Å². The van der Waals surface area contributed by atoms with E-state index in [1.54, 1.807) is 20.9 Å². The highest BCUT2D eigenvalue weighted by Crippen LogP contribution is 2.21. The minimum atomic E-state index is -4.20. The standard InChI is InChI=1S/C10H21F3N2O/c1-9(2,8-16)6-15(5-4-14-3)7-10(11,12)13/h14,16H,4-8H2,1-3H3. The first-order valence-electron chi connectivity index (χ1n) is 5.25.